The second-order valence-corrected chi connectivity index (χ2v) is 3.08. The topological polar surface area (TPSA) is 96.9 Å². The van der Waals surface area contributed by atoms with Crippen LogP contribution in [0.15, 0.2) is 6.07 Å². The average Bonchev–Trinajstić information content (AvgIpc) is 2.26. The maximum Gasteiger partial charge on any atom is 0.286 e. The van der Waals surface area contributed by atoms with Crippen LogP contribution in [0, 0.1) is 21.4 Å². The van der Waals surface area contributed by atoms with Crippen LogP contribution in [0.3, 0.4) is 0 Å². The van der Waals surface area contributed by atoms with E-state index in [2.05, 4.69) is 4.98 Å². The molecular weight excluding hydrogens is 260 g/mol. The fraction of sp³-hybridized carbons (Fsp3) is 0.125. The van der Waals surface area contributed by atoms with E-state index in [1.165, 1.54) is 6.07 Å². The van der Waals surface area contributed by atoms with Crippen LogP contribution >= 0.6 is 11.6 Å². The molecule has 17 heavy (non-hydrogen) atoms. The van der Waals surface area contributed by atoms with Crippen molar-refractivity contribution in [3.05, 3.63) is 33.1 Å². The molecule has 0 bridgehead atoms. The fourth-order valence-electron chi connectivity index (χ4n) is 1.08. The first kappa shape index (κ1) is 12.9. The van der Waals surface area contributed by atoms with Gasteiger partial charge in [0.05, 0.1) is 4.92 Å². The predicted molar refractivity (Wildman–Crippen MR) is 50.7 cm³/mol. The van der Waals surface area contributed by atoms with Crippen LogP contribution < -0.4 is 0 Å². The number of aromatic nitrogens is 1. The SMILES string of the molecule is N#Cc1nc(C(F)F)cc([N+](=O)[O-])c1C(=O)Cl. The third-order valence-electron chi connectivity index (χ3n) is 1.74. The first-order valence-electron chi connectivity index (χ1n) is 3.96. The molecule has 0 saturated carbocycles. The molecule has 0 fully saturated rings. The Balaban J connectivity index is 3.65. The van der Waals surface area contributed by atoms with Gasteiger partial charge in [-0.3, -0.25) is 14.9 Å². The third-order valence-corrected chi connectivity index (χ3v) is 1.93. The molecule has 0 aliphatic carbocycles. The molecule has 88 valence electrons. The van der Waals surface area contributed by atoms with Gasteiger partial charge in [0.15, 0.2) is 5.69 Å². The van der Waals surface area contributed by atoms with Crippen LogP contribution in [0.1, 0.15) is 28.2 Å². The van der Waals surface area contributed by atoms with Gasteiger partial charge in [0, 0.05) is 6.07 Å². The summed E-state index contributed by atoms with van der Waals surface area (Å²) in [7, 11) is 0. The standard InChI is InChI=1S/C8H2ClF2N3O3/c9-7(15)6-4(2-12)13-3(8(10)11)1-5(6)14(16)17/h1,8H. The summed E-state index contributed by atoms with van der Waals surface area (Å²) in [6.45, 7) is 0. The van der Waals surface area contributed by atoms with Crippen LogP contribution in [0.25, 0.3) is 0 Å². The number of halogens is 3. The Bertz CT molecular complexity index is 542. The molecule has 0 spiro atoms. The van der Waals surface area contributed by atoms with E-state index >= 15 is 0 Å². The van der Waals surface area contributed by atoms with Crippen molar-refractivity contribution in [2.24, 2.45) is 0 Å². The summed E-state index contributed by atoms with van der Waals surface area (Å²) in [5.74, 6) is 0. The van der Waals surface area contributed by atoms with Gasteiger partial charge in [-0.15, -0.1) is 0 Å². The van der Waals surface area contributed by atoms with E-state index in [1.54, 1.807) is 0 Å². The number of alkyl halides is 2. The van der Waals surface area contributed by atoms with Gasteiger partial charge in [0.1, 0.15) is 17.3 Å². The highest BCUT2D eigenvalue weighted by atomic mass is 35.5. The summed E-state index contributed by atoms with van der Waals surface area (Å²) in [5.41, 5.74) is -3.51. The molecule has 0 aromatic carbocycles. The summed E-state index contributed by atoms with van der Waals surface area (Å²) >= 11 is 5.05. The molecule has 0 amide bonds. The summed E-state index contributed by atoms with van der Waals surface area (Å²) in [6, 6.07) is 1.73. The quantitative estimate of drug-likeness (QED) is 0.472. The summed E-state index contributed by atoms with van der Waals surface area (Å²) in [5, 5.41) is 17.9. The number of carbonyl (C=O) groups excluding carboxylic acids is 1. The van der Waals surface area contributed by atoms with Gasteiger partial charge in [-0.05, 0) is 11.6 Å². The Hall–Kier alpha value is -2.14. The summed E-state index contributed by atoms with van der Waals surface area (Å²) < 4.78 is 24.7. The minimum absolute atomic E-state index is 0.418. The van der Waals surface area contributed by atoms with E-state index < -0.39 is 39.2 Å². The van der Waals surface area contributed by atoms with Crippen molar-refractivity contribution < 1.29 is 18.5 Å². The van der Waals surface area contributed by atoms with Crippen molar-refractivity contribution >= 4 is 22.5 Å². The molecule has 6 nitrogen and oxygen atoms in total. The second kappa shape index (κ2) is 4.80. The lowest BCUT2D eigenvalue weighted by atomic mass is 10.1. The zero-order chi connectivity index (χ0) is 13.2. The minimum Gasteiger partial charge on any atom is -0.275 e. The van der Waals surface area contributed by atoms with Gasteiger partial charge in [0.25, 0.3) is 17.4 Å². The third kappa shape index (κ3) is 2.51. The Morgan fingerprint density at radius 1 is 1.65 bits per heavy atom. The smallest absolute Gasteiger partial charge is 0.275 e. The molecule has 1 aromatic heterocycles. The summed E-state index contributed by atoms with van der Waals surface area (Å²) in [4.78, 5) is 23.6. The maximum absolute atomic E-state index is 12.3. The van der Waals surface area contributed by atoms with Crippen molar-refractivity contribution in [1.29, 1.82) is 5.26 Å². The van der Waals surface area contributed by atoms with E-state index in [1.807, 2.05) is 0 Å². The number of hydrogen-bond acceptors (Lipinski definition) is 5. The number of pyridine rings is 1. The van der Waals surface area contributed by atoms with Crippen LogP contribution in [0.5, 0.6) is 0 Å². The van der Waals surface area contributed by atoms with Crippen LogP contribution in [0.4, 0.5) is 14.5 Å². The predicted octanol–water partition coefficient (Wildman–Crippen LogP) is 2.18. The molecule has 0 unspecified atom stereocenters. The van der Waals surface area contributed by atoms with Gasteiger partial charge in [0.2, 0.25) is 0 Å². The lowest BCUT2D eigenvalue weighted by Gasteiger charge is -2.03. The Kier molecular flexibility index (Phi) is 3.65. The highest BCUT2D eigenvalue weighted by Crippen LogP contribution is 2.28. The van der Waals surface area contributed by atoms with E-state index in [0.29, 0.717) is 6.07 Å². The number of hydrogen-bond donors (Lipinski definition) is 0. The van der Waals surface area contributed by atoms with Gasteiger partial charge in [-0.1, -0.05) is 0 Å². The number of nitrogens with zero attached hydrogens (tertiary/aromatic N) is 3. The molecule has 1 rings (SSSR count). The normalized spacial score (nSPS) is 10.1. The molecular formula is C8H2ClF2N3O3. The second-order valence-electron chi connectivity index (χ2n) is 2.73. The van der Waals surface area contributed by atoms with Gasteiger partial charge in [-0.2, -0.15) is 5.26 Å². The molecule has 0 atom stereocenters. The van der Waals surface area contributed by atoms with Crippen molar-refractivity contribution in [1.82, 2.24) is 4.98 Å². The Morgan fingerprint density at radius 3 is 2.59 bits per heavy atom. The Labute approximate surface area is 97.6 Å². The number of carbonyl (C=O) groups is 1. The van der Waals surface area contributed by atoms with Gasteiger partial charge in [-0.25, -0.2) is 13.8 Å². The van der Waals surface area contributed by atoms with E-state index in [0.717, 1.165) is 0 Å². The molecule has 1 aromatic rings. The number of rotatable bonds is 3. The minimum atomic E-state index is -3.10. The zero-order valence-electron chi connectivity index (χ0n) is 7.85. The van der Waals surface area contributed by atoms with Crippen molar-refractivity contribution in [3.63, 3.8) is 0 Å². The highest BCUT2D eigenvalue weighted by Gasteiger charge is 2.27. The Morgan fingerprint density at radius 2 is 2.24 bits per heavy atom. The first-order valence-corrected chi connectivity index (χ1v) is 4.33. The van der Waals surface area contributed by atoms with Crippen molar-refractivity contribution in [3.8, 4) is 6.07 Å². The lowest BCUT2D eigenvalue weighted by molar-refractivity contribution is -0.385. The van der Waals surface area contributed by atoms with Crippen molar-refractivity contribution in [2.45, 2.75) is 6.43 Å². The monoisotopic (exact) mass is 261 g/mol. The molecule has 1 heterocycles. The van der Waals surface area contributed by atoms with E-state index in [9.17, 15) is 23.7 Å². The molecule has 9 heteroatoms. The highest BCUT2D eigenvalue weighted by molar-refractivity contribution is 6.68. The largest absolute Gasteiger partial charge is 0.286 e. The van der Waals surface area contributed by atoms with Gasteiger partial charge >= 0.3 is 0 Å². The lowest BCUT2D eigenvalue weighted by Crippen LogP contribution is -2.07. The first-order chi connectivity index (χ1) is 7.88. The number of nitriles is 1. The van der Waals surface area contributed by atoms with Crippen molar-refractivity contribution in [2.75, 3.05) is 0 Å². The number of nitro groups is 1. The molecule has 0 saturated heterocycles. The zero-order valence-corrected chi connectivity index (χ0v) is 8.61. The van der Waals surface area contributed by atoms with Crippen LogP contribution in [-0.2, 0) is 0 Å². The maximum atomic E-state index is 12.3. The van der Waals surface area contributed by atoms with Gasteiger partial charge < -0.3 is 0 Å². The molecule has 0 aliphatic rings. The fourth-order valence-corrected chi connectivity index (χ4v) is 1.27. The van der Waals surface area contributed by atoms with Crippen LogP contribution in [0.2, 0.25) is 0 Å². The van der Waals surface area contributed by atoms with Crippen LogP contribution in [-0.4, -0.2) is 15.1 Å². The van der Waals surface area contributed by atoms with E-state index in [4.69, 9.17) is 16.9 Å². The molecule has 0 radical (unpaired) electrons. The summed E-state index contributed by atoms with van der Waals surface area (Å²) in [6.07, 6.45) is -3.10. The average molecular weight is 262 g/mol. The molecule has 0 aliphatic heterocycles. The van der Waals surface area contributed by atoms with E-state index in [-0.39, 0.29) is 0 Å². The molecule has 0 N–H and O–H groups in total.